The number of esters is 4. The van der Waals surface area contributed by atoms with E-state index >= 15 is 0 Å². The lowest BCUT2D eigenvalue weighted by Gasteiger charge is -2.21. The maximum Gasteiger partial charge on any atom is 0.472 e. The normalized spacial score (nSPS) is 14.2. The van der Waals surface area contributed by atoms with Crippen LogP contribution in [0.4, 0.5) is 0 Å². The molecule has 3 unspecified atom stereocenters. The number of hydrogen-bond donors (Lipinski definition) is 3. The highest BCUT2D eigenvalue weighted by atomic mass is 31.2. The Kier molecular flexibility index (Phi) is 72.2. The molecular formula is C82H160O17P2. The van der Waals surface area contributed by atoms with Crippen molar-refractivity contribution in [3.05, 3.63) is 0 Å². The molecule has 0 aromatic heterocycles. The van der Waals surface area contributed by atoms with Gasteiger partial charge in [-0.25, -0.2) is 9.13 Å². The van der Waals surface area contributed by atoms with Crippen molar-refractivity contribution in [3.8, 4) is 0 Å². The molecule has 0 aromatic rings. The minimum absolute atomic E-state index is 0.108. The van der Waals surface area contributed by atoms with Gasteiger partial charge in [0.15, 0.2) is 12.2 Å². The molecule has 0 amide bonds. The van der Waals surface area contributed by atoms with E-state index in [4.69, 9.17) is 37.0 Å². The minimum Gasteiger partial charge on any atom is -0.462 e. The summed E-state index contributed by atoms with van der Waals surface area (Å²) in [5.41, 5.74) is 0. The van der Waals surface area contributed by atoms with Crippen LogP contribution in [-0.4, -0.2) is 96.7 Å². The summed E-state index contributed by atoms with van der Waals surface area (Å²) in [5.74, 6) is -0.532. The summed E-state index contributed by atoms with van der Waals surface area (Å²) >= 11 is 0. The van der Waals surface area contributed by atoms with E-state index in [1.165, 1.54) is 250 Å². The molecule has 0 saturated heterocycles. The molecule has 6 atom stereocenters. The topological polar surface area (TPSA) is 237 Å². The Hall–Kier alpha value is -1.94. The standard InChI is InChI=1S/C82H160O17P2/c1-7-10-12-14-16-18-20-22-24-25-27-31-35-39-46-52-58-64-79(84)92-70-77(98-81(86)67-61-55-49-41-37-33-29-28-30-34-38-44-50-56-62-74(4)5)72-96-100(88,89)94-68-76(83)69-95-101(90,91)97-73-78(71-93-80(85)65-59-53-47-43-42-45-51-57-63-75(6)9-3)99-82(87)66-60-54-48-40-36-32-26-23-21-19-17-15-13-11-8-2/h74-78,83H,7-73H2,1-6H3,(H,88,89)(H,90,91)/t75?,76-,77-,78-/m1/s1. The monoisotopic (exact) mass is 1480 g/mol. The molecule has 101 heavy (non-hydrogen) atoms. The number of rotatable bonds is 81. The zero-order valence-electron chi connectivity index (χ0n) is 66.2. The molecule has 0 fully saturated rings. The zero-order valence-corrected chi connectivity index (χ0v) is 68.0. The molecule has 3 N–H and O–H groups in total. The fraction of sp³-hybridized carbons (Fsp3) is 0.951. The maximum atomic E-state index is 13.1. The number of aliphatic hydroxyl groups excluding tert-OH is 1. The molecule has 0 heterocycles. The highest BCUT2D eigenvalue weighted by molar-refractivity contribution is 7.47. The largest absolute Gasteiger partial charge is 0.472 e. The van der Waals surface area contributed by atoms with Crippen molar-refractivity contribution in [2.24, 2.45) is 11.8 Å². The second-order valence-electron chi connectivity index (χ2n) is 30.2. The van der Waals surface area contributed by atoms with Gasteiger partial charge < -0.3 is 33.8 Å². The van der Waals surface area contributed by atoms with E-state index in [0.717, 1.165) is 102 Å². The van der Waals surface area contributed by atoms with Crippen molar-refractivity contribution in [3.63, 3.8) is 0 Å². The van der Waals surface area contributed by atoms with Crippen LogP contribution in [0.1, 0.15) is 433 Å². The lowest BCUT2D eigenvalue weighted by molar-refractivity contribution is -0.161. The smallest absolute Gasteiger partial charge is 0.462 e. The molecule has 0 bridgehead atoms. The van der Waals surface area contributed by atoms with Crippen LogP contribution in [0.25, 0.3) is 0 Å². The van der Waals surface area contributed by atoms with E-state index in [-0.39, 0.29) is 25.7 Å². The van der Waals surface area contributed by atoms with Gasteiger partial charge in [-0.2, -0.15) is 0 Å². The van der Waals surface area contributed by atoms with Crippen LogP contribution in [0.5, 0.6) is 0 Å². The van der Waals surface area contributed by atoms with Gasteiger partial charge >= 0.3 is 39.5 Å². The summed E-state index contributed by atoms with van der Waals surface area (Å²) in [6.45, 7) is 9.68. The molecule has 0 aliphatic heterocycles. The van der Waals surface area contributed by atoms with Gasteiger partial charge in [-0.05, 0) is 37.5 Å². The van der Waals surface area contributed by atoms with Gasteiger partial charge in [-0.3, -0.25) is 37.3 Å². The Labute approximate surface area is 619 Å². The van der Waals surface area contributed by atoms with Gasteiger partial charge in [0.1, 0.15) is 19.3 Å². The van der Waals surface area contributed by atoms with Gasteiger partial charge in [-0.15, -0.1) is 0 Å². The molecule has 17 nitrogen and oxygen atoms in total. The van der Waals surface area contributed by atoms with Crippen molar-refractivity contribution >= 4 is 39.5 Å². The summed E-state index contributed by atoms with van der Waals surface area (Å²) < 4.78 is 68.8. The Morgan fingerprint density at radius 1 is 0.287 bits per heavy atom. The summed E-state index contributed by atoms with van der Waals surface area (Å²) in [6, 6.07) is 0. The first kappa shape index (κ1) is 99.1. The van der Waals surface area contributed by atoms with Gasteiger partial charge in [-0.1, -0.05) is 382 Å². The lowest BCUT2D eigenvalue weighted by atomic mass is 9.99. The van der Waals surface area contributed by atoms with E-state index in [2.05, 4.69) is 41.5 Å². The zero-order chi connectivity index (χ0) is 74.2. The van der Waals surface area contributed by atoms with Crippen molar-refractivity contribution < 1.29 is 80.2 Å². The third-order valence-corrected chi connectivity index (χ3v) is 21.5. The van der Waals surface area contributed by atoms with Crippen LogP contribution in [0, 0.1) is 11.8 Å². The molecule has 0 spiro atoms. The molecular weight excluding hydrogens is 1320 g/mol. The van der Waals surface area contributed by atoms with Crippen molar-refractivity contribution in [1.82, 2.24) is 0 Å². The van der Waals surface area contributed by atoms with Crippen molar-refractivity contribution in [2.45, 2.75) is 452 Å². The Morgan fingerprint density at radius 3 is 0.752 bits per heavy atom. The molecule has 0 saturated carbocycles. The number of phosphoric acid groups is 2. The number of ether oxygens (including phenoxy) is 4. The Morgan fingerprint density at radius 2 is 0.505 bits per heavy atom. The van der Waals surface area contributed by atoms with Gasteiger partial charge in [0.2, 0.25) is 0 Å². The molecule has 19 heteroatoms. The van der Waals surface area contributed by atoms with Crippen LogP contribution in [0.2, 0.25) is 0 Å². The van der Waals surface area contributed by atoms with Gasteiger partial charge in [0.25, 0.3) is 0 Å². The van der Waals surface area contributed by atoms with Crippen LogP contribution >= 0.6 is 15.6 Å². The second-order valence-corrected chi connectivity index (χ2v) is 33.1. The van der Waals surface area contributed by atoms with Crippen molar-refractivity contribution in [2.75, 3.05) is 39.6 Å². The highest BCUT2D eigenvalue weighted by Gasteiger charge is 2.30. The first-order valence-corrected chi connectivity index (χ1v) is 45.5. The predicted octanol–water partition coefficient (Wildman–Crippen LogP) is 24.7. The fourth-order valence-corrected chi connectivity index (χ4v) is 14.3. The number of hydrogen-bond acceptors (Lipinski definition) is 15. The molecule has 0 aliphatic carbocycles. The SMILES string of the molecule is CCCCCCCCCCCCCCCCCCCC(=O)OC[C@H](COP(=O)(O)OC[C@@H](O)COP(=O)(O)OC[C@@H](COC(=O)CCCCCCCCCCC(C)CC)OC(=O)CCCCCCCCCCCCCCCCC)OC(=O)CCCCCCCCCCCCCCCCC(C)C. The Bertz CT molecular complexity index is 1940. The predicted molar refractivity (Wildman–Crippen MR) is 414 cm³/mol. The van der Waals surface area contributed by atoms with E-state index in [1.54, 1.807) is 0 Å². The first-order chi connectivity index (χ1) is 48.9. The molecule has 0 aliphatic rings. The highest BCUT2D eigenvalue weighted by Crippen LogP contribution is 2.45. The summed E-state index contributed by atoms with van der Waals surface area (Å²) in [4.78, 5) is 73.1. The summed E-state index contributed by atoms with van der Waals surface area (Å²) in [5, 5.41) is 10.7. The fourth-order valence-electron chi connectivity index (χ4n) is 12.7. The average molecular weight is 1480 g/mol. The maximum absolute atomic E-state index is 13.1. The third-order valence-electron chi connectivity index (χ3n) is 19.6. The number of carbonyl (C=O) groups is 4. The quantitative estimate of drug-likeness (QED) is 0.0222. The summed E-state index contributed by atoms with van der Waals surface area (Å²) in [7, 11) is -9.92. The molecule has 0 radical (unpaired) electrons. The van der Waals surface area contributed by atoms with Crippen LogP contribution < -0.4 is 0 Å². The van der Waals surface area contributed by atoms with E-state index in [0.29, 0.717) is 25.7 Å². The average Bonchev–Trinajstić information content (AvgIpc) is 0.940. The number of aliphatic hydroxyl groups is 1. The summed E-state index contributed by atoms with van der Waals surface area (Å²) in [6.07, 6.45) is 63.6. The minimum atomic E-state index is -4.96. The number of phosphoric ester groups is 2. The first-order valence-electron chi connectivity index (χ1n) is 42.5. The van der Waals surface area contributed by atoms with E-state index < -0.39 is 97.5 Å². The Balaban J connectivity index is 5.27. The van der Waals surface area contributed by atoms with Crippen LogP contribution in [0.15, 0.2) is 0 Å². The molecule has 0 rings (SSSR count). The van der Waals surface area contributed by atoms with Crippen molar-refractivity contribution in [1.29, 1.82) is 0 Å². The van der Waals surface area contributed by atoms with Gasteiger partial charge in [0, 0.05) is 25.7 Å². The number of carbonyl (C=O) groups excluding carboxylic acids is 4. The second kappa shape index (κ2) is 73.6. The number of unbranched alkanes of at least 4 members (excludes halogenated alkanes) is 50. The van der Waals surface area contributed by atoms with Crippen LogP contribution in [-0.2, 0) is 65.4 Å². The molecule has 0 aromatic carbocycles. The lowest BCUT2D eigenvalue weighted by Crippen LogP contribution is -2.30. The van der Waals surface area contributed by atoms with Crippen LogP contribution in [0.3, 0.4) is 0 Å². The molecule has 600 valence electrons. The van der Waals surface area contributed by atoms with E-state index in [1.807, 2.05) is 0 Å². The van der Waals surface area contributed by atoms with Gasteiger partial charge in [0.05, 0.1) is 26.4 Å². The third kappa shape index (κ3) is 74.7. The van der Waals surface area contributed by atoms with E-state index in [9.17, 15) is 43.2 Å².